The first-order valence-corrected chi connectivity index (χ1v) is 5.85. The molecule has 2 rings (SSSR count). The summed E-state index contributed by atoms with van der Waals surface area (Å²) in [5, 5.41) is 0.341. The lowest BCUT2D eigenvalue weighted by Crippen LogP contribution is -2.10. The number of methoxy groups -OCH3 is 1. The van der Waals surface area contributed by atoms with Crippen LogP contribution in [-0.2, 0) is 0 Å². The Morgan fingerprint density at radius 1 is 1.35 bits per heavy atom. The van der Waals surface area contributed by atoms with Gasteiger partial charge in [-0.3, -0.25) is 4.79 Å². The highest BCUT2D eigenvalue weighted by molar-refractivity contribution is 7.14. The number of nitrogens with zero attached hydrogens (tertiary/aromatic N) is 1. The average Bonchev–Trinajstić information content (AvgIpc) is 2.72. The van der Waals surface area contributed by atoms with Crippen molar-refractivity contribution in [3.63, 3.8) is 0 Å². The summed E-state index contributed by atoms with van der Waals surface area (Å²) in [7, 11) is 1.62. The van der Waals surface area contributed by atoms with Gasteiger partial charge in [0.2, 0.25) is 0 Å². The van der Waals surface area contributed by atoms with Crippen LogP contribution in [0.4, 0.5) is 0 Å². The first-order valence-electron chi connectivity index (χ1n) is 5.03. The highest BCUT2D eigenvalue weighted by atomic mass is 32.1. The van der Waals surface area contributed by atoms with Gasteiger partial charge in [-0.1, -0.05) is 0 Å². The van der Waals surface area contributed by atoms with Crippen LogP contribution in [0.15, 0.2) is 24.3 Å². The molecule has 4 nitrogen and oxygen atoms in total. The minimum Gasteiger partial charge on any atom is -0.497 e. The molecule has 2 aromatic rings. The molecule has 0 saturated heterocycles. The highest BCUT2D eigenvalue weighted by Gasteiger charge is 2.12. The Bertz CT molecular complexity index is 546. The molecule has 5 heteroatoms. The number of aryl methyl sites for hydroxylation is 1. The van der Waals surface area contributed by atoms with E-state index in [1.807, 2.05) is 31.2 Å². The lowest BCUT2D eigenvalue weighted by molar-refractivity contribution is 0.1000. The topological polar surface area (TPSA) is 65.2 Å². The number of benzene rings is 1. The van der Waals surface area contributed by atoms with Crippen molar-refractivity contribution in [1.29, 1.82) is 0 Å². The van der Waals surface area contributed by atoms with Gasteiger partial charge in [-0.15, -0.1) is 11.3 Å². The molecule has 0 aliphatic rings. The van der Waals surface area contributed by atoms with Crippen LogP contribution in [0.2, 0.25) is 0 Å². The second-order valence-corrected chi connectivity index (χ2v) is 4.72. The van der Waals surface area contributed by atoms with E-state index in [2.05, 4.69) is 4.98 Å². The van der Waals surface area contributed by atoms with Gasteiger partial charge in [0, 0.05) is 10.4 Å². The molecule has 0 unspecified atom stereocenters. The number of carbonyl (C=O) groups excluding carboxylic acids is 1. The molecule has 0 saturated carbocycles. The van der Waals surface area contributed by atoms with Gasteiger partial charge >= 0.3 is 0 Å². The third-order valence-electron chi connectivity index (χ3n) is 2.37. The van der Waals surface area contributed by atoms with Crippen LogP contribution < -0.4 is 10.5 Å². The first kappa shape index (κ1) is 11.6. The second-order valence-electron chi connectivity index (χ2n) is 3.52. The van der Waals surface area contributed by atoms with Crippen molar-refractivity contribution in [2.45, 2.75) is 6.92 Å². The van der Waals surface area contributed by atoms with E-state index in [-0.39, 0.29) is 0 Å². The van der Waals surface area contributed by atoms with E-state index >= 15 is 0 Å². The third kappa shape index (κ3) is 2.29. The van der Waals surface area contributed by atoms with E-state index < -0.39 is 5.91 Å². The molecule has 0 atom stereocenters. The molecule has 1 aromatic carbocycles. The van der Waals surface area contributed by atoms with Crippen LogP contribution in [0.3, 0.4) is 0 Å². The summed E-state index contributed by atoms with van der Waals surface area (Å²) in [5.74, 6) is 0.301. The standard InChI is InChI=1S/C12H12N2O2S/c1-7-10(14-12(17-7)11(13)15)8-3-5-9(16-2)6-4-8/h3-6H,1-2H3,(H2,13,15). The van der Waals surface area contributed by atoms with Gasteiger partial charge < -0.3 is 10.5 Å². The minimum atomic E-state index is -0.488. The molecule has 1 amide bonds. The summed E-state index contributed by atoms with van der Waals surface area (Å²) >= 11 is 1.31. The number of primary amides is 1. The smallest absolute Gasteiger partial charge is 0.277 e. The minimum absolute atomic E-state index is 0.341. The molecule has 0 aliphatic carbocycles. The molecule has 0 spiro atoms. The van der Waals surface area contributed by atoms with Crippen LogP contribution in [0.1, 0.15) is 14.7 Å². The quantitative estimate of drug-likeness (QED) is 0.905. The highest BCUT2D eigenvalue weighted by Crippen LogP contribution is 2.28. The van der Waals surface area contributed by atoms with Gasteiger partial charge in [-0.25, -0.2) is 4.98 Å². The van der Waals surface area contributed by atoms with Crippen LogP contribution in [0, 0.1) is 6.92 Å². The van der Waals surface area contributed by atoms with Crippen molar-refractivity contribution in [1.82, 2.24) is 4.98 Å². The number of thiazole rings is 1. The Morgan fingerprint density at radius 3 is 2.47 bits per heavy atom. The zero-order chi connectivity index (χ0) is 12.4. The summed E-state index contributed by atoms with van der Waals surface area (Å²) in [6.07, 6.45) is 0. The van der Waals surface area contributed by atoms with Crippen molar-refractivity contribution in [3.8, 4) is 17.0 Å². The SMILES string of the molecule is COc1ccc(-c2nc(C(N)=O)sc2C)cc1. The molecule has 88 valence electrons. The van der Waals surface area contributed by atoms with Crippen LogP contribution in [-0.4, -0.2) is 18.0 Å². The predicted octanol–water partition coefficient (Wildman–Crippen LogP) is 2.23. The van der Waals surface area contributed by atoms with Crippen molar-refractivity contribution in [3.05, 3.63) is 34.2 Å². The number of hydrogen-bond donors (Lipinski definition) is 1. The monoisotopic (exact) mass is 248 g/mol. The molecular weight excluding hydrogens is 236 g/mol. The maximum atomic E-state index is 11.0. The molecule has 0 aliphatic heterocycles. The molecular formula is C12H12N2O2S. The Balaban J connectivity index is 2.41. The molecule has 17 heavy (non-hydrogen) atoms. The lowest BCUT2D eigenvalue weighted by atomic mass is 10.1. The summed E-state index contributed by atoms with van der Waals surface area (Å²) in [6, 6.07) is 7.54. The van der Waals surface area contributed by atoms with E-state index in [4.69, 9.17) is 10.5 Å². The van der Waals surface area contributed by atoms with Crippen LogP contribution in [0.25, 0.3) is 11.3 Å². The Labute approximate surface area is 103 Å². The van der Waals surface area contributed by atoms with Gasteiger partial charge in [-0.2, -0.15) is 0 Å². The fraction of sp³-hybridized carbons (Fsp3) is 0.167. The summed E-state index contributed by atoms with van der Waals surface area (Å²) in [6.45, 7) is 1.92. The number of carbonyl (C=O) groups is 1. The van der Waals surface area contributed by atoms with Crippen molar-refractivity contribution in [2.75, 3.05) is 7.11 Å². The molecule has 0 bridgehead atoms. The van der Waals surface area contributed by atoms with E-state index in [9.17, 15) is 4.79 Å². The van der Waals surface area contributed by atoms with Gasteiger partial charge in [0.05, 0.1) is 12.8 Å². The zero-order valence-corrected chi connectivity index (χ0v) is 10.4. The van der Waals surface area contributed by atoms with Gasteiger partial charge in [0.1, 0.15) is 5.75 Å². The fourth-order valence-electron chi connectivity index (χ4n) is 1.52. The Morgan fingerprint density at radius 2 is 2.00 bits per heavy atom. The van der Waals surface area contributed by atoms with Crippen molar-refractivity contribution in [2.24, 2.45) is 5.73 Å². The fourth-order valence-corrected chi connectivity index (χ4v) is 2.31. The van der Waals surface area contributed by atoms with E-state index in [1.54, 1.807) is 7.11 Å². The number of aromatic nitrogens is 1. The van der Waals surface area contributed by atoms with E-state index in [1.165, 1.54) is 11.3 Å². The normalized spacial score (nSPS) is 10.2. The molecule has 2 N–H and O–H groups in total. The number of rotatable bonds is 3. The van der Waals surface area contributed by atoms with Crippen molar-refractivity contribution >= 4 is 17.2 Å². The maximum Gasteiger partial charge on any atom is 0.277 e. The number of amides is 1. The number of nitrogens with two attached hydrogens (primary N) is 1. The van der Waals surface area contributed by atoms with Crippen LogP contribution >= 0.6 is 11.3 Å². The Kier molecular flexibility index (Phi) is 3.10. The van der Waals surface area contributed by atoms with Gasteiger partial charge in [0.15, 0.2) is 5.01 Å². The van der Waals surface area contributed by atoms with Crippen molar-refractivity contribution < 1.29 is 9.53 Å². The average molecular weight is 248 g/mol. The molecule has 1 heterocycles. The first-order chi connectivity index (χ1) is 8.11. The van der Waals surface area contributed by atoms with Gasteiger partial charge in [0.25, 0.3) is 5.91 Å². The molecule has 0 radical (unpaired) electrons. The van der Waals surface area contributed by atoms with Gasteiger partial charge in [-0.05, 0) is 31.2 Å². The number of ether oxygens (including phenoxy) is 1. The summed E-state index contributed by atoms with van der Waals surface area (Å²) in [4.78, 5) is 16.3. The van der Waals surface area contributed by atoms with Crippen LogP contribution in [0.5, 0.6) is 5.75 Å². The second kappa shape index (κ2) is 4.55. The largest absolute Gasteiger partial charge is 0.497 e. The molecule has 0 fully saturated rings. The van der Waals surface area contributed by atoms with E-state index in [0.29, 0.717) is 5.01 Å². The lowest BCUT2D eigenvalue weighted by Gasteiger charge is -2.01. The number of hydrogen-bond acceptors (Lipinski definition) is 4. The van der Waals surface area contributed by atoms with E-state index in [0.717, 1.165) is 21.9 Å². The predicted molar refractivity (Wildman–Crippen MR) is 67.4 cm³/mol. The summed E-state index contributed by atoms with van der Waals surface area (Å²) in [5.41, 5.74) is 6.96. The third-order valence-corrected chi connectivity index (χ3v) is 3.36. The Hall–Kier alpha value is -1.88. The zero-order valence-electron chi connectivity index (χ0n) is 9.56. The maximum absolute atomic E-state index is 11.0. The summed E-state index contributed by atoms with van der Waals surface area (Å²) < 4.78 is 5.09. The molecule has 1 aromatic heterocycles.